The molecule has 1 atom stereocenters. The summed E-state index contributed by atoms with van der Waals surface area (Å²) in [5.41, 5.74) is 0.610. The molecule has 0 bridgehead atoms. The number of morpholine rings is 1. The molecule has 1 aliphatic heterocycles. The Morgan fingerprint density at radius 3 is 2.96 bits per heavy atom. The monoisotopic (exact) mass is 368 g/mol. The molecule has 3 rings (SSSR count). The molecule has 1 aromatic rings. The van der Waals surface area contributed by atoms with Crippen LogP contribution in [0.3, 0.4) is 0 Å². The van der Waals surface area contributed by atoms with Crippen molar-refractivity contribution in [1.29, 1.82) is 0 Å². The van der Waals surface area contributed by atoms with Gasteiger partial charge in [0, 0.05) is 18.7 Å². The SMILES string of the molecule is COC[C@H]1CN(C(=O)Nc2cc(Cl)ccc2OC2CCCC2)CCO1. The van der Waals surface area contributed by atoms with Crippen LogP contribution in [0.1, 0.15) is 25.7 Å². The predicted octanol–water partition coefficient (Wildman–Crippen LogP) is 3.54. The molecule has 2 fully saturated rings. The highest BCUT2D eigenvalue weighted by molar-refractivity contribution is 6.31. The van der Waals surface area contributed by atoms with Crippen molar-refractivity contribution in [3.8, 4) is 5.75 Å². The lowest BCUT2D eigenvalue weighted by Crippen LogP contribution is -2.48. The lowest BCUT2D eigenvalue weighted by Gasteiger charge is -2.32. The second-order valence-electron chi connectivity index (χ2n) is 6.49. The van der Waals surface area contributed by atoms with E-state index in [1.807, 2.05) is 6.07 Å². The van der Waals surface area contributed by atoms with E-state index in [2.05, 4.69) is 5.32 Å². The van der Waals surface area contributed by atoms with E-state index in [9.17, 15) is 4.79 Å². The molecule has 0 spiro atoms. The fourth-order valence-corrected chi connectivity index (χ4v) is 3.45. The number of methoxy groups -OCH3 is 1. The van der Waals surface area contributed by atoms with Crippen molar-refractivity contribution >= 4 is 23.3 Å². The zero-order chi connectivity index (χ0) is 17.6. The van der Waals surface area contributed by atoms with E-state index >= 15 is 0 Å². The Morgan fingerprint density at radius 2 is 2.20 bits per heavy atom. The van der Waals surface area contributed by atoms with Crippen LogP contribution < -0.4 is 10.1 Å². The van der Waals surface area contributed by atoms with Crippen LogP contribution in [0, 0.1) is 0 Å². The van der Waals surface area contributed by atoms with Gasteiger partial charge < -0.3 is 24.4 Å². The molecule has 6 nitrogen and oxygen atoms in total. The van der Waals surface area contributed by atoms with E-state index in [1.54, 1.807) is 24.1 Å². The zero-order valence-corrected chi connectivity index (χ0v) is 15.3. The van der Waals surface area contributed by atoms with Crippen molar-refractivity contribution in [2.75, 3.05) is 38.7 Å². The fraction of sp³-hybridized carbons (Fsp3) is 0.611. The van der Waals surface area contributed by atoms with Gasteiger partial charge in [-0.15, -0.1) is 0 Å². The zero-order valence-electron chi connectivity index (χ0n) is 14.5. The number of carbonyl (C=O) groups excluding carboxylic acids is 1. The second-order valence-corrected chi connectivity index (χ2v) is 6.93. The van der Waals surface area contributed by atoms with Crippen molar-refractivity contribution < 1.29 is 19.0 Å². The van der Waals surface area contributed by atoms with Gasteiger partial charge in [0.25, 0.3) is 0 Å². The average molecular weight is 369 g/mol. The van der Waals surface area contributed by atoms with Crippen LogP contribution in [-0.4, -0.2) is 56.6 Å². The van der Waals surface area contributed by atoms with Gasteiger partial charge in [-0.05, 0) is 43.9 Å². The standard InChI is InChI=1S/C18H25ClN2O4/c1-23-12-15-11-21(8-9-24-15)18(22)20-16-10-13(19)6-7-17(16)25-14-4-2-3-5-14/h6-7,10,14-15H,2-5,8-9,11-12H2,1H3,(H,20,22)/t15-/m1/s1. The summed E-state index contributed by atoms with van der Waals surface area (Å²) in [6.45, 7) is 2.02. The van der Waals surface area contributed by atoms with E-state index in [0.29, 0.717) is 42.8 Å². The first-order chi connectivity index (χ1) is 12.2. The normalized spacial score (nSPS) is 21.4. The van der Waals surface area contributed by atoms with E-state index in [4.69, 9.17) is 25.8 Å². The number of urea groups is 1. The number of amides is 2. The Balaban J connectivity index is 1.66. The maximum Gasteiger partial charge on any atom is 0.322 e. The number of hydrogen-bond acceptors (Lipinski definition) is 4. The molecule has 138 valence electrons. The number of hydrogen-bond donors (Lipinski definition) is 1. The van der Waals surface area contributed by atoms with Gasteiger partial charge in [0.15, 0.2) is 0 Å². The lowest BCUT2D eigenvalue weighted by atomic mass is 10.2. The highest BCUT2D eigenvalue weighted by Crippen LogP contribution is 2.32. The van der Waals surface area contributed by atoms with Crippen LogP contribution in [0.4, 0.5) is 10.5 Å². The fourth-order valence-electron chi connectivity index (χ4n) is 3.27. The largest absolute Gasteiger partial charge is 0.488 e. The van der Waals surface area contributed by atoms with Crippen LogP contribution in [0.2, 0.25) is 5.02 Å². The summed E-state index contributed by atoms with van der Waals surface area (Å²) in [5, 5.41) is 3.50. The number of nitrogens with one attached hydrogen (secondary N) is 1. The van der Waals surface area contributed by atoms with Gasteiger partial charge in [0.1, 0.15) is 5.75 Å². The number of benzene rings is 1. The number of anilines is 1. The quantitative estimate of drug-likeness (QED) is 0.863. The maximum absolute atomic E-state index is 12.6. The van der Waals surface area contributed by atoms with Gasteiger partial charge in [0.05, 0.1) is 37.7 Å². The summed E-state index contributed by atoms with van der Waals surface area (Å²) in [4.78, 5) is 14.4. The maximum atomic E-state index is 12.6. The summed E-state index contributed by atoms with van der Waals surface area (Å²) in [7, 11) is 1.63. The Hall–Kier alpha value is -1.50. The molecular weight excluding hydrogens is 344 g/mol. The highest BCUT2D eigenvalue weighted by atomic mass is 35.5. The van der Waals surface area contributed by atoms with Gasteiger partial charge in [-0.2, -0.15) is 0 Å². The number of nitrogens with zero attached hydrogens (tertiary/aromatic N) is 1. The second kappa shape index (κ2) is 8.74. The third-order valence-electron chi connectivity index (χ3n) is 4.56. The van der Waals surface area contributed by atoms with E-state index in [1.165, 1.54) is 12.8 Å². The molecule has 2 aliphatic rings. The number of halogens is 1. The van der Waals surface area contributed by atoms with Crippen molar-refractivity contribution in [2.45, 2.75) is 37.9 Å². The smallest absolute Gasteiger partial charge is 0.322 e. The predicted molar refractivity (Wildman–Crippen MR) is 96.5 cm³/mol. The van der Waals surface area contributed by atoms with Crippen molar-refractivity contribution in [2.24, 2.45) is 0 Å². The van der Waals surface area contributed by atoms with Crippen LogP contribution in [0.5, 0.6) is 5.75 Å². The molecular formula is C18H25ClN2O4. The third-order valence-corrected chi connectivity index (χ3v) is 4.79. The van der Waals surface area contributed by atoms with Gasteiger partial charge in [0.2, 0.25) is 0 Å². The summed E-state index contributed by atoms with van der Waals surface area (Å²) in [5.74, 6) is 0.673. The van der Waals surface area contributed by atoms with Crippen LogP contribution in [0.25, 0.3) is 0 Å². The highest BCUT2D eigenvalue weighted by Gasteiger charge is 2.25. The van der Waals surface area contributed by atoms with Crippen molar-refractivity contribution in [1.82, 2.24) is 4.90 Å². The molecule has 2 amide bonds. The Labute approximate surface area is 153 Å². The minimum atomic E-state index is -0.178. The number of rotatable bonds is 5. The topological polar surface area (TPSA) is 60.0 Å². The molecule has 1 saturated carbocycles. The van der Waals surface area contributed by atoms with Gasteiger partial charge in [-0.3, -0.25) is 0 Å². The van der Waals surface area contributed by atoms with Crippen LogP contribution >= 0.6 is 11.6 Å². The first-order valence-corrected chi connectivity index (χ1v) is 9.16. The summed E-state index contributed by atoms with van der Waals surface area (Å²) in [6, 6.07) is 5.16. The van der Waals surface area contributed by atoms with Crippen molar-refractivity contribution in [3.05, 3.63) is 23.2 Å². The van der Waals surface area contributed by atoms with Crippen molar-refractivity contribution in [3.63, 3.8) is 0 Å². The summed E-state index contributed by atoms with van der Waals surface area (Å²) in [6.07, 6.45) is 4.60. The molecule has 1 heterocycles. The minimum absolute atomic E-state index is 0.0990. The first-order valence-electron chi connectivity index (χ1n) is 8.78. The third kappa shape index (κ3) is 5.00. The lowest BCUT2D eigenvalue weighted by molar-refractivity contribution is -0.0481. The molecule has 7 heteroatoms. The molecule has 1 saturated heterocycles. The Kier molecular flexibility index (Phi) is 6.39. The van der Waals surface area contributed by atoms with E-state index in [0.717, 1.165) is 12.8 Å². The average Bonchev–Trinajstić information content (AvgIpc) is 3.11. The Bertz CT molecular complexity index is 590. The van der Waals surface area contributed by atoms with Crippen LogP contribution in [0.15, 0.2) is 18.2 Å². The van der Waals surface area contributed by atoms with Gasteiger partial charge in [-0.1, -0.05) is 11.6 Å². The number of ether oxygens (including phenoxy) is 3. The van der Waals surface area contributed by atoms with Gasteiger partial charge >= 0.3 is 6.03 Å². The molecule has 1 aromatic carbocycles. The molecule has 1 aliphatic carbocycles. The summed E-state index contributed by atoms with van der Waals surface area (Å²) < 4.78 is 16.8. The van der Waals surface area contributed by atoms with E-state index < -0.39 is 0 Å². The van der Waals surface area contributed by atoms with Gasteiger partial charge in [-0.25, -0.2) is 4.79 Å². The van der Waals surface area contributed by atoms with E-state index in [-0.39, 0.29) is 18.2 Å². The molecule has 0 unspecified atom stereocenters. The first kappa shape index (κ1) is 18.3. The Morgan fingerprint density at radius 1 is 1.40 bits per heavy atom. The minimum Gasteiger partial charge on any atom is -0.488 e. The van der Waals surface area contributed by atoms with Crippen LogP contribution in [-0.2, 0) is 9.47 Å². The molecule has 0 aromatic heterocycles. The molecule has 0 radical (unpaired) electrons. The summed E-state index contributed by atoms with van der Waals surface area (Å²) >= 11 is 6.11. The molecule has 25 heavy (non-hydrogen) atoms. The number of carbonyl (C=O) groups is 1. The molecule has 1 N–H and O–H groups in total.